The third-order valence-corrected chi connectivity index (χ3v) is 12.4. The summed E-state index contributed by atoms with van der Waals surface area (Å²) in [7, 11) is 0. The van der Waals surface area contributed by atoms with Crippen molar-refractivity contribution in [2.24, 2.45) is 0 Å². The van der Waals surface area contributed by atoms with Crippen LogP contribution in [-0.4, -0.2) is 34.9 Å². The van der Waals surface area contributed by atoms with Crippen LogP contribution in [0.2, 0.25) is 0 Å². The number of carbonyl (C=O) groups excluding carboxylic acids is 1. The third kappa shape index (κ3) is 55.3. The van der Waals surface area contributed by atoms with Gasteiger partial charge in [0.2, 0.25) is 5.91 Å². The van der Waals surface area contributed by atoms with E-state index in [-0.39, 0.29) is 12.5 Å². The fraction of sp³-hybridized carbons (Fsp3) is 0.646. The highest BCUT2D eigenvalue weighted by Crippen LogP contribution is 2.16. The van der Waals surface area contributed by atoms with Gasteiger partial charge in [0.05, 0.1) is 18.8 Å². The Morgan fingerprint density at radius 2 is 0.638 bits per heavy atom. The van der Waals surface area contributed by atoms with Gasteiger partial charge in [0.15, 0.2) is 0 Å². The van der Waals surface area contributed by atoms with Crippen LogP contribution in [-0.2, 0) is 4.79 Å². The van der Waals surface area contributed by atoms with E-state index in [2.05, 4.69) is 153 Å². The molecule has 0 rings (SSSR count). The van der Waals surface area contributed by atoms with Crippen molar-refractivity contribution in [3.05, 3.63) is 134 Å². The fourth-order valence-corrected chi connectivity index (χ4v) is 8.07. The van der Waals surface area contributed by atoms with Gasteiger partial charge in [-0.05, 0) is 96.3 Å². The molecule has 0 heterocycles. The molecule has 0 fully saturated rings. The molecule has 4 heteroatoms. The lowest BCUT2D eigenvalue weighted by molar-refractivity contribution is -0.123. The molecule has 0 spiro atoms. The molecule has 4 nitrogen and oxygen atoms in total. The van der Waals surface area contributed by atoms with Crippen LogP contribution in [0.1, 0.15) is 251 Å². The van der Waals surface area contributed by atoms with Gasteiger partial charge < -0.3 is 15.5 Å². The summed E-state index contributed by atoms with van der Waals surface area (Å²) in [5, 5.41) is 23.3. The zero-order chi connectivity index (χ0) is 49.9. The molecule has 69 heavy (non-hydrogen) atoms. The predicted octanol–water partition coefficient (Wildman–Crippen LogP) is 19.4. The molecular formula is C65H109NO3. The van der Waals surface area contributed by atoms with Crippen molar-refractivity contribution < 1.29 is 15.0 Å². The number of aliphatic hydroxyl groups excluding tert-OH is 2. The number of nitrogens with one attached hydrogen (secondary N) is 1. The Bertz CT molecular complexity index is 1400. The third-order valence-electron chi connectivity index (χ3n) is 12.4. The molecule has 0 aromatic carbocycles. The number of aliphatic hydroxyl groups is 2. The van der Waals surface area contributed by atoms with Crippen LogP contribution in [0.5, 0.6) is 0 Å². The second-order valence-corrected chi connectivity index (χ2v) is 19.0. The summed E-state index contributed by atoms with van der Waals surface area (Å²) in [6.07, 6.45) is 91.4. The molecule has 392 valence electrons. The largest absolute Gasteiger partial charge is 0.394 e. The Morgan fingerprint density at radius 1 is 0.362 bits per heavy atom. The van der Waals surface area contributed by atoms with E-state index >= 15 is 0 Å². The number of hydrogen-bond donors (Lipinski definition) is 3. The van der Waals surface area contributed by atoms with Gasteiger partial charge in [0, 0.05) is 6.42 Å². The zero-order valence-corrected chi connectivity index (χ0v) is 45.0. The lowest BCUT2D eigenvalue weighted by atomic mass is 10.0. The monoisotopic (exact) mass is 952 g/mol. The number of amides is 1. The molecule has 0 saturated carbocycles. The van der Waals surface area contributed by atoms with E-state index in [9.17, 15) is 15.0 Å². The Balaban J connectivity index is 3.65. The first-order chi connectivity index (χ1) is 34.2. The number of carbonyl (C=O) groups is 1. The van der Waals surface area contributed by atoms with Crippen molar-refractivity contribution in [2.75, 3.05) is 6.61 Å². The Kier molecular flexibility index (Phi) is 55.9. The number of rotatable bonds is 51. The standard InChI is InChI=1S/C65H109NO3/c1-3-5-7-9-11-13-15-17-19-21-23-24-25-26-27-28-29-30-31-32-33-34-35-36-37-38-39-40-41-42-43-45-47-49-51-53-55-57-59-61-65(69)66-63(62-67)64(68)60-58-56-54-52-50-48-46-44-22-20-18-16-14-12-10-8-6-4-2/h5,7,11,13,17,19,23-24,26-27,29-30,32-33,35-36,38-39,41-42,45,47,63-64,67-68H,3-4,6,8-10,12,14-16,18,20-22,25,28,31,34,37,40,43-44,46,48-62H2,1-2H3,(H,66,69)/b7-5-,13-11-,19-17-,24-23-,27-26-,30-29-,33-32-,36-35-,39-38-,42-41-,47-45-. The van der Waals surface area contributed by atoms with E-state index in [4.69, 9.17) is 0 Å². The first-order valence-electron chi connectivity index (χ1n) is 28.9. The average molecular weight is 953 g/mol. The van der Waals surface area contributed by atoms with Gasteiger partial charge in [-0.25, -0.2) is 0 Å². The molecule has 2 atom stereocenters. The molecule has 0 aliphatic heterocycles. The highest BCUT2D eigenvalue weighted by Gasteiger charge is 2.20. The van der Waals surface area contributed by atoms with Gasteiger partial charge in [-0.3, -0.25) is 4.79 Å². The summed E-state index contributed by atoms with van der Waals surface area (Å²) in [6.45, 7) is 4.24. The Labute approximate surface area is 428 Å². The zero-order valence-electron chi connectivity index (χ0n) is 45.0. The van der Waals surface area contributed by atoms with Crippen LogP contribution in [0.3, 0.4) is 0 Å². The highest BCUT2D eigenvalue weighted by molar-refractivity contribution is 5.76. The first-order valence-corrected chi connectivity index (χ1v) is 28.9. The predicted molar refractivity (Wildman–Crippen MR) is 308 cm³/mol. The SMILES string of the molecule is CC/C=C\C/C=C\C/C=C\C/C=C\C/C=C\C/C=C\C/C=C\C/C=C\C/C=C\C/C=C\C/C=C\CCCCCCCC(=O)NC(CO)C(O)CCCCCCCCCCCCCCCCCCCC. The van der Waals surface area contributed by atoms with Crippen LogP contribution in [0, 0.1) is 0 Å². The van der Waals surface area contributed by atoms with Crippen molar-refractivity contribution in [2.45, 2.75) is 264 Å². The van der Waals surface area contributed by atoms with Gasteiger partial charge in [0.1, 0.15) is 0 Å². The summed E-state index contributed by atoms with van der Waals surface area (Å²) in [5.74, 6) is -0.0541. The van der Waals surface area contributed by atoms with E-state index in [1.807, 2.05) is 0 Å². The smallest absolute Gasteiger partial charge is 0.220 e. The minimum atomic E-state index is -0.678. The normalized spacial score (nSPS) is 13.9. The second kappa shape index (κ2) is 58.8. The van der Waals surface area contributed by atoms with Gasteiger partial charge in [-0.15, -0.1) is 0 Å². The van der Waals surface area contributed by atoms with Crippen molar-refractivity contribution in [3.8, 4) is 0 Å². The van der Waals surface area contributed by atoms with Crippen LogP contribution >= 0.6 is 0 Å². The molecule has 0 aliphatic rings. The molecule has 0 aromatic heterocycles. The fourth-order valence-electron chi connectivity index (χ4n) is 8.07. The van der Waals surface area contributed by atoms with E-state index in [1.165, 1.54) is 116 Å². The topological polar surface area (TPSA) is 69.6 Å². The Morgan fingerprint density at radius 3 is 0.957 bits per heavy atom. The molecule has 0 aromatic rings. The summed E-state index contributed by atoms with van der Waals surface area (Å²) >= 11 is 0. The lowest BCUT2D eigenvalue weighted by Crippen LogP contribution is -2.45. The molecule has 3 N–H and O–H groups in total. The van der Waals surface area contributed by atoms with Crippen LogP contribution < -0.4 is 5.32 Å². The molecule has 0 saturated heterocycles. The number of unbranched alkanes of at least 4 members (excludes halogenated alkanes) is 22. The average Bonchev–Trinajstić information content (AvgIpc) is 3.35. The van der Waals surface area contributed by atoms with Crippen LogP contribution in [0.4, 0.5) is 0 Å². The first kappa shape index (κ1) is 65.5. The van der Waals surface area contributed by atoms with E-state index in [1.54, 1.807) is 0 Å². The number of hydrogen-bond acceptors (Lipinski definition) is 3. The Hall–Kier alpha value is -3.47. The summed E-state index contributed by atoms with van der Waals surface area (Å²) in [5.41, 5.74) is 0. The quantitative estimate of drug-likeness (QED) is 0.0420. The van der Waals surface area contributed by atoms with Crippen LogP contribution in [0.25, 0.3) is 0 Å². The van der Waals surface area contributed by atoms with Gasteiger partial charge in [0.25, 0.3) is 0 Å². The van der Waals surface area contributed by atoms with Gasteiger partial charge >= 0.3 is 0 Å². The van der Waals surface area contributed by atoms with Crippen molar-refractivity contribution in [1.29, 1.82) is 0 Å². The van der Waals surface area contributed by atoms with E-state index in [0.29, 0.717) is 12.8 Å². The van der Waals surface area contributed by atoms with Gasteiger partial charge in [-0.2, -0.15) is 0 Å². The maximum absolute atomic E-state index is 12.5. The maximum Gasteiger partial charge on any atom is 0.220 e. The van der Waals surface area contributed by atoms with Crippen molar-refractivity contribution in [1.82, 2.24) is 5.32 Å². The summed E-state index contributed by atoms with van der Waals surface area (Å²) in [4.78, 5) is 12.5. The van der Waals surface area contributed by atoms with Crippen molar-refractivity contribution in [3.63, 3.8) is 0 Å². The molecule has 0 radical (unpaired) electrons. The minimum absolute atomic E-state index is 0.0541. The second-order valence-electron chi connectivity index (χ2n) is 19.0. The minimum Gasteiger partial charge on any atom is -0.394 e. The molecule has 0 aliphatic carbocycles. The van der Waals surface area contributed by atoms with Crippen LogP contribution in [0.15, 0.2) is 134 Å². The highest BCUT2D eigenvalue weighted by atomic mass is 16.3. The number of allylic oxidation sites excluding steroid dienone is 22. The molecular weight excluding hydrogens is 843 g/mol. The lowest BCUT2D eigenvalue weighted by Gasteiger charge is -2.22. The van der Waals surface area contributed by atoms with E-state index < -0.39 is 12.1 Å². The molecule has 0 bridgehead atoms. The molecule has 2 unspecified atom stereocenters. The van der Waals surface area contributed by atoms with Crippen molar-refractivity contribution >= 4 is 5.91 Å². The summed E-state index contributed by atoms with van der Waals surface area (Å²) in [6, 6.07) is -0.557. The maximum atomic E-state index is 12.5. The molecule has 1 amide bonds. The van der Waals surface area contributed by atoms with Gasteiger partial charge in [-0.1, -0.05) is 282 Å². The van der Waals surface area contributed by atoms with E-state index in [0.717, 1.165) is 109 Å². The summed E-state index contributed by atoms with van der Waals surface area (Å²) < 4.78 is 0.